The highest BCUT2D eigenvalue weighted by molar-refractivity contribution is 5.67. The molecular weight excluding hydrogens is 246 g/mol. The topological polar surface area (TPSA) is 41.6 Å². The van der Waals surface area contributed by atoms with E-state index in [0.717, 1.165) is 22.8 Å². The summed E-state index contributed by atoms with van der Waals surface area (Å²) in [6.45, 7) is 6.32. The van der Waals surface area contributed by atoms with Crippen molar-refractivity contribution in [3.05, 3.63) is 59.2 Å². The second-order valence-electron chi connectivity index (χ2n) is 5.15. The lowest BCUT2D eigenvalue weighted by atomic mass is 9.99. The summed E-state index contributed by atoms with van der Waals surface area (Å²) in [6.07, 6.45) is 0. The van der Waals surface area contributed by atoms with Crippen LogP contribution in [-0.4, -0.2) is 15.2 Å². The third-order valence-electron chi connectivity index (χ3n) is 3.43. The van der Waals surface area contributed by atoms with Gasteiger partial charge in [0.25, 0.3) is 0 Å². The summed E-state index contributed by atoms with van der Waals surface area (Å²) < 4.78 is 0. The van der Waals surface area contributed by atoms with E-state index in [1.807, 2.05) is 30.3 Å². The van der Waals surface area contributed by atoms with Gasteiger partial charge in [-0.2, -0.15) is 5.10 Å². The molecule has 1 N–H and O–H groups in total. The molecule has 100 valence electrons. The molecule has 0 aliphatic heterocycles. The van der Waals surface area contributed by atoms with Crippen LogP contribution in [0.1, 0.15) is 16.7 Å². The maximum Gasteiger partial charge on any atom is 0.182 e. The quantitative estimate of drug-likeness (QED) is 0.757. The van der Waals surface area contributed by atoms with Gasteiger partial charge in [0.05, 0.1) is 0 Å². The number of benzene rings is 2. The van der Waals surface area contributed by atoms with Crippen molar-refractivity contribution in [1.29, 1.82) is 0 Å². The average Bonchev–Trinajstić information content (AvgIpc) is 2.88. The first-order valence-electron chi connectivity index (χ1n) is 6.71. The summed E-state index contributed by atoms with van der Waals surface area (Å²) in [7, 11) is 0. The molecule has 3 heteroatoms. The number of aromatic nitrogens is 3. The molecule has 2 aromatic carbocycles. The van der Waals surface area contributed by atoms with Crippen LogP contribution in [-0.2, 0) is 0 Å². The first kappa shape index (κ1) is 12.6. The van der Waals surface area contributed by atoms with E-state index < -0.39 is 0 Å². The van der Waals surface area contributed by atoms with Gasteiger partial charge in [0.1, 0.15) is 0 Å². The predicted molar refractivity (Wildman–Crippen MR) is 81.5 cm³/mol. The summed E-state index contributed by atoms with van der Waals surface area (Å²) in [5.74, 6) is 1.57. The summed E-state index contributed by atoms with van der Waals surface area (Å²) >= 11 is 0. The Morgan fingerprint density at radius 3 is 2.20 bits per heavy atom. The van der Waals surface area contributed by atoms with Gasteiger partial charge in [-0.25, -0.2) is 4.98 Å². The molecule has 20 heavy (non-hydrogen) atoms. The van der Waals surface area contributed by atoms with Crippen LogP contribution >= 0.6 is 0 Å². The highest BCUT2D eigenvalue weighted by Gasteiger charge is 2.12. The average molecular weight is 263 g/mol. The minimum atomic E-state index is 0.763. The molecule has 3 aromatic rings. The van der Waals surface area contributed by atoms with E-state index in [0.29, 0.717) is 0 Å². The summed E-state index contributed by atoms with van der Waals surface area (Å²) in [4.78, 5) is 4.64. The normalized spacial score (nSPS) is 10.8. The number of nitrogens with zero attached hydrogens (tertiary/aromatic N) is 2. The molecule has 0 aliphatic carbocycles. The Labute approximate surface area is 118 Å². The van der Waals surface area contributed by atoms with Gasteiger partial charge in [-0.3, -0.25) is 5.10 Å². The van der Waals surface area contributed by atoms with Crippen molar-refractivity contribution in [3.63, 3.8) is 0 Å². The zero-order valence-electron chi connectivity index (χ0n) is 11.9. The minimum absolute atomic E-state index is 0.763. The maximum absolute atomic E-state index is 4.64. The third kappa shape index (κ3) is 2.23. The maximum atomic E-state index is 4.64. The third-order valence-corrected chi connectivity index (χ3v) is 3.43. The van der Waals surface area contributed by atoms with E-state index in [4.69, 9.17) is 0 Å². The Bertz CT molecular complexity index is 719. The minimum Gasteiger partial charge on any atom is -0.259 e. The first-order chi connectivity index (χ1) is 9.65. The van der Waals surface area contributed by atoms with E-state index in [2.05, 4.69) is 48.1 Å². The number of H-pyrrole nitrogens is 1. The molecule has 0 bridgehead atoms. The molecule has 0 amide bonds. The van der Waals surface area contributed by atoms with E-state index in [1.54, 1.807) is 0 Å². The van der Waals surface area contributed by atoms with Gasteiger partial charge in [0, 0.05) is 11.1 Å². The molecule has 0 unspecified atom stereocenters. The number of nitrogens with one attached hydrogen (secondary N) is 1. The lowest BCUT2D eigenvalue weighted by Crippen LogP contribution is -1.91. The van der Waals surface area contributed by atoms with Crippen LogP contribution in [0.5, 0.6) is 0 Å². The molecule has 0 spiro atoms. The van der Waals surface area contributed by atoms with Crippen molar-refractivity contribution in [2.45, 2.75) is 20.8 Å². The van der Waals surface area contributed by atoms with Crippen molar-refractivity contribution in [2.24, 2.45) is 0 Å². The largest absolute Gasteiger partial charge is 0.259 e. The Morgan fingerprint density at radius 2 is 1.55 bits per heavy atom. The fourth-order valence-corrected chi connectivity index (χ4v) is 2.63. The standard InChI is InChI=1S/C17H17N3/c1-11-9-12(2)15(13(3)10-11)17-18-16(19-20-17)14-7-5-4-6-8-14/h4-10H,1-3H3,(H,18,19,20). The number of aromatic amines is 1. The van der Waals surface area contributed by atoms with Gasteiger partial charge >= 0.3 is 0 Å². The van der Waals surface area contributed by atoms with Crippen LogP contribution in [0.25, 0.3) is 22.8 Å². The summed E-state index contributed by atoms with van der Waals surface area (Å²) in [5, 5.41) is 7.41. The highest BCUT2D eigenvalue weighted by atomic mass is 15.2. The van der Waals surface area contributed by atoms with Crippen LogP contribution in [0, 0.1) is 20.8 Å². The smallest absolute Gasteiger partial charge is 0.182 e. The Morgan fingerprint density at radius 1 is 0.900 bits per heavy atom. The lowest BCUT2D eigenvalue weighted by Gasteiger charge is -2.07. The molecule has 0 atom stereocenters. The van der Waals surface area contributed by atoms with Gasteiger partial charge in [0.15, 0.2) is 11.6 Å². The Hall–Kier alpha value is -2.42. The zero-order chi connectivity index (χ0) is 14.1. The molecule has 0 aliphatic rings. The van der Waals surface area contributed by atoms with Crippen molar-refractivity contribution < 1.29 is 0 Å². The summed E-state index contributed by atoms with van der Waals surface area (Å²) in [5.41, 5.74) is 5.85. The molecule has 0 fully saturated rings. The van der Waals surface area contributed by atoms with E-state index >= 15 is 0 Å². The van der Waals surface area contributed by atoms with Gasteiger partial charge < -0.3 is 0 Å². The molecule has 0 radical (unpaired) electrons. The monoisotopic (exact) mass is 263 g/mol. The molecule has 1 aromatic heterocycles. The van der Waals surface area contributed by atoms with Crippen LogP contribution < -0.4 is 0 Å². The Balaban J connectivity index is 2.07. The zero-order valence-corrected chi connectivity index (χ0v) is 11.9. The van der Waals surface area contributed by atoms with Crippen molar-refractivity contribution in [3.8, 4) is 22.8 Å². The molecular formula is C17H17N3. The van der Waals surface area contributed by atoms with Crippen molar-refractivity contribution in [1.82, 2.24) is 15.2 Å². The molecule has 0 saturated heterocycles. The first-order valence-corrected chi connectivity index (χ1v) is 6.71. The van der Waals surface area contributed by atoms with Crippen LogP contribution in [0.4, 0.5) is 0 Å². The van der Waals surface area contributed by atoms with E-state index in [1.165, 1.54) is 16.7 Å². The molecule has 3 nitrogen and oxygen atoms in total. The fourth-order valence-electron chi connectivity index (χ4n) is 2.63. The Kier molecular flexibility index (Phi) is 3.11. The molecule has 3 rings (SSSR count). The highest BCUT2D eigenvalue weighted by Crippen LogP contribution is 2.27. The summed E-state index contributed by atoms with van der Waals surface area (Å²) in [6, 6.07) is 14.4. The number of aryl methyl sites for hydroxylation is 3. The second kappa shape index (κ2) is 4.93. The van der Waals surface area contributed by atoms with Crippen molar-refractivity contribution in [2.75, 3.05) is 0 Å². The van der Waals surface area contributed by atoms with Crippen LogP contribution in [0.3, 0.4) is 0 Å². The van der Waals surface area contributed by atoms with Gasteiger partial charge in [-0.1, -0.05) is 48.0 Å². The second-order valence-corrected chi connectivity index (χ2v) is 5.15. The fraction of sp³-hybridized carbons (Fsp3) is 0.176. The van der Waals surface area contributed by atoms with Crippen LogP contribution in [0.15, 0.2) is 42.5 Å². The SMILES string of the molecule is Cc1cc(C)c(-c2n[nH]c(-c3ccccc3)n2)c(C)c1. The van der Waals surface area contributed by atoms with Crippen molar-refractivity contribution >= 4 is 0 Å². The number of hydrogen-bond acceptors (Lipinski definition) is 2. The lowest BCUT2D eigenvalue weighted by molar-refractivity contribution is 1.09. The van der Waals surface area contributed by atoms with E-state index in [9.17, 15) is 0 Å². The number of rotatable bonds is 2. The van der Waals surface area contributed by atoms with Gasteiger partial charge in [0.2, 0.25) is 0 Å². The molecule has 0 saturated carbocycles. The predicted octanol–water partition coefficient (Wildman–Crippen LogP) is 4.06. The van der Waals surface area contributed by atoms with E-state index in [-0.39, 0.29) is 0 Å². The van der Waals surface area contributed by atoms with Crippen LogP contribution in [0.2, 0.25) is 0 Å². The van der Waals surface area contributed by atoms with Gasteiger partial charge in [-0.15, -0.1) is 0 Å². The number of hydrogen-bond donors (Lipinski definition) is 1. The molecule has 1 heterocycles. The van der Waals surface area contributed by atoms with Gasteiger partial charge in [-0.05, 0) is 31.9 Å².